The van der Waals surface area contributed by atoms with Gasteiger partial charge in [-0.05, 0) is 19.1 Å². The van der Waals surface area contributed by atoms with Crippen molar-refractivity contribution >= 4 is 17.0 Å². The molecule has 28 heavy (non-hydrogen) atoms. The van der Waals surface area contributed by atoms with E-state index in [1.165, 1.54) is 6.07 Å². The number of nitrogens with zero attached hydrogens (tertiary/aromatic N) is 3. The van der Waals surface area contributed by atoms with Crippen LogP contribution in [0.4, 0.5) is 8.78 Å². The third kappa shape index (κ3) is 3.19. The van der Waals surface area contributed by atoms with E-state index in [2.05, 4.69) is 10.1 Å². The first-order valence-corrected chi connectivity index (χ1v) is 8.87. The Morgan fingerprint density at radius 2 is 1.96 bits per heavy atom. The zero-order valence-electron chi connectivity index (χ0n) is 15.4. The number of fused-ring (bicyclic) bond motifs is 1. The minimum absolute atomic E-state index is 0.0662. The van der Waals surface area contributed by atoms with Crippen molar-refractivity contribution in [1.82, 2.24) is 14.8 Å². The molecule has 2 heterocycles. The molecule has 0 atom stereocenters. The number of para-hydroxylation sites is 1. The predicted molar refractivity (Wildman–Crippen MR) is 98.3 cm³/mol. The normalized spacial score (nSPS) is 17.3. The molecule has 1 fully saturated rings. The Morgan fingerprint density at radius 1 is 1.29 bits per heavy atom. The number of carbonyl (C=O) groups is 1. The molecule has 2 aromatic heterocycles. The Labute approximate surface area is 159 Å². The van der Waals surface area contributed by atoms with Crippen molar-refractivity contribution in [1.29, 1.82) is 0 Å². The van der Waals surface area contributed by atoms with Gasteiger partial charge >= 0.3 is 5.97 Å². The number of carboxylic acid groups (broad SMARTS) is 1. The highest BCUT2D eigenvalue weighted by Gasteiger charge is 2.54. The first-order chi connectivity index (χ1) is 13.2. The molecule has 146 valence electrons. The predicted octanol–water partition coefficient (Wildman–Crippen LogP) is 4.24. The van der Waals surface area contributed by atoms with Crippen LogP contribution in [0.15, 0.2) is 36.4 Å². The monoisotopic (exact) mass is 387 g/mol. The molecule has 0 unspecified atom stereocenters. The van der Waals surface area contributed by atoms with Gasteiger partial charge < -0.3 is 9.84 Å². The lowest BCUT2D eigenvalue weighted by molar-refractivity contribution is -0.164. The number of hydrogen-bond donors (Lipinski definition) is 1. The van der Waals surface area contributed by atoms with Crippen LogP contribution in [0, 0.1) is 12.3 Å². The molecule has 1 N–H and O–H groups in total. The zero-order valence-corrected chi connectivity index (χ0v) is 15.4. The van der Waals surface area contributed by atoms with Gasteiger partial charge in [-0.15, -0.1) is 0 Å². The van der Waals surface area contributed by atoms with Gasteiger partial charge in [0.15, 0.2) is 11.3 Å². The maximum absolute atomic E-state index is 13.3. The molecule has 0 radical (unpaired) electrons. The van der Waals surface area contributed by atoms with E-state index >= 15 is 0 Å². The van der Waals surface area contributed by atoms with Crippen molar-refractivity contribution < 1.29 is 23.4 Å². The molecule has 4 rings (SSSR count). The van der Waals surface area contributed by atoms with Crippen LogP contribution in [0.5, 0.6) is 5.75 Å². The van der Waals surface area contributed by atoms with E-state index in [1.54, 1.807) is 18.5 Å². The summed E-state index contributed by atoms with van der Waals surface area (Å²) in [4.78, 5) is 15.8. The molecule has 0 amide bonds. The molecule has 0 aliphatic heterocycles. The number of pyridine rings is 1. The van der Waals surface area contributed by atoms with Crippen molar-refractivity contribution in [3.05, 3.63) is 47.8 Å². The van der Waals surface area contributed by atoms with Crippen LogP contribution in [-0.2, 0) is 0 Å². The second kappa shape index (κ2) is 6.25. The SMILES string of the molecule is Cc1nn(-c2ccccc2)c2nc(C(=O)O)cc(OCC3(C)CC(F)(F)C3)c12. The number of halogens is 2. The summed E-state index contributed by atoms with van der Waals surface area (Å²) >= 11 is 0. The molecule has 0 saturated heterocycles. The number of benzene rings is 1. The Hall–Kier alpha value is -3.03. The number of hydrogen-bond acceptors (Lipinski definition) is 4. The molecule has 0 bridgehead atoms. The van der Waals surface area contributed by atoms with E-state index in [-0.39, 0.29) is 25.1 Å². The number of ether oxygens (including phenoxy) is 1. The molecule has 6 nitrogen and oxygen atoms in total. The first kappa shape index (κ1) is 18.3. The number of aryl methyl sites for hydroxylation is 1. The van der Waals surface area contributed by atoms with E-state index < -0.39 is 17.3 Å². The Morgan fingerprint density at radius 3 is 2.57 bits per heavy atom. The number of aromatic nitrogens is 3. The van der Waals surface area contributed by atoms with Crippen LogP contribution in [-0.4, -0.2) is 38.4 Å². The highest BCUT2D eigenvalue weighted by atomic mass is 19.3. The summed E-state index contributed by atoms with van der Waals surface area (Å²) < 4.78 is 34.0. The van der Waals surface area contributed by atoms with Gasteiger partial charge in [-0.25, -0.2) is 23.2 Å². The Bertz CT molecular complexity index is 1060. The quantitative estimate of drug-likeness (QED) is 0.709. The topological polar surface area (TPSA) is 77.2 Å². The summed E-state index contributed by atoms with van der Waals surface area (Å²) in [6, 6.07) is 10.5. The second-order valence-electron chi connectivity index (χ2n) is 7.65. The van der Waals surface area contributed by atoms with Crippen LogP contribution in [0.2, 0.25) is 0 Å². The number of alkyl halides is 2. The highest BCUT2D eigenvalue weighted by molar-refractivity contribution is 5.93. The fraction of sp³-hybridized carbons (Fsp3) is 0.350. The average Bonchev–Trinajstić information content (AvgIpc) is 2.95. The third-order valence-corrected chi connectivity index (χ3v) is 4.94. The molecular formula is C20H19F2N3O3. The number of rotatable bonds is 5. The number of aromatic carboxylic acids is 1. The third-order valence-electron chi connectivity index (χ3n) is 4.94. The van der Waals surface area contributed by atoms with Gasteiger partial charge in [0.2, 0.25) is 5.92 Å². The van der Waals surface area contributed by atoms with Crippen LogP contribution in [0.3, 0.4) is 0 Å². The highest BCUT2D eigenvalue weighted by Crippen LogP contribution is 2.52. The van der Waals surface area contributed by atoms with E-state index in [0.717, 1.165) is 5.69 Å². The van der Waals surface area contributed by atoms with Crippen LogP contribution < -0.4 is 4.74 Å². The van der Waals surface area contributed by atoms with E-state index in [4.69, 9.17) is 4.74 Å². The fourth-order valence-corrected chi connectivity index (χ4v) is 3.77. The van der Waals surface area contributed by atoms with Gasteiger partial charge in [0.25, 0.3) is 0 Å². The molecule has 1 aromatic carbocycles. The van der Waals surface area contributed by atoms with Crippen molar-refractivity contribution in [2.75, 3.05) is 6.61 Å². The van der Waals surface area contributed by atoms with Crippen LogP contribution >= 0.6 is 0 Å². The van der Waals surface area contributed by atoms with E-state index in [9.17, 15) is 18.7 Å². The lowest BCUT2D eigenvalue weighted by Gasteiger charge is -2.44. The first-order valence-electron chi connectivity index (χ1n) is 8.87. The van der Waals surface area contributed by atoms with Crippen LogP contribution in [0.25, 0.3) is 16.7 Å². The maximum Gasteiger partial charge on any atom is 0.354 e. The molecule has 0 spiro atoms. The summed E-state index contributed by atoms with van der Waals surface area (Å²) in [6.45, 7) is 3.58. The van der Waals surface area contributed by atoms with E-state index in [0.29, 0.717) is 22.5 Å². The molecule has 3 aromatic rings. The summed E-state index contributed by atoms with van der Waals surface area (Å²) in [5.41, 5.74) is 0.854. The summed E-state index contributed by atoms with van der Waals surface area (Å²) in [5, 5.41) is 14.5. The standard InChI is InChI=1S/C20H19F2N3O3/c1-12-16-15(28-11-19(2)9-20(21,22)10-19)8-14(18(26)27)23-17(16)25(24-12)13-6-4-3-5-7-13/h3-8H,9-11H2,1-2H3,(H,26,27). The second-order valence-corrected chi connectivity index (χ2v) is 7.65. The van der Waals surface area contributed by atoms with Gasteiger partial charge in [0, 0.05) is 24.3 Å². The summed E-state index contributed by atoms with van der Waals surface area (Å²) in [7, 11) is 0. The number of carboxylic acids is 1. The summed E-state index contributed by atoms with van der Waals surface area (Å²) in [5.74, 6) is -3.57. The van der Waals surface area contributed by atoms with Crippen molar-refractivity contribution in [3.63, 3.8) is 0 Å². The minimum Gasteiger partial charge on any atom is -0.492 e. The molecule has 1 aliphatic carbocycles. The fourth-order valence-electron chi connectivity index (χ4n) is 3.77. The lowest BCUT2D eigenvalue weighted by atomic mass is 9.68. The van der Waals surface area contributed by atoms with Gasteiger partial charge in [0.05, 0.1) is 23.4 Å². The molecule has 1 saturated carbocycles. The average molecular weight is 387 g/mol. The lowest BCUT2D eigenvalue weighted by Crippen LogP contribution is -2.47. The van der Waals surface area contributed by atoms with Gasteiger partial charge in [0.1, 0.15) is 5.75 Å². The Balaban J connectivity index is 1.77. The van der Waals surface area contributed by atoms with E-state index in [1.807, 2.05) is 30.3 Å². The Kier molecular flexibility index (Phi) is 4.10. The largest absolute Gasteiger partial charge is 0.492 e. The van der Waals surface area contributed by atoms with Gasteiger partial charge in [-0.1, -0.05) is 25.1 Å². The van der Waals surface area contributed by atoms with Gasteiger partial charge in [-0.3, -0.25) is 0 Å². The molecule has 1 aliphatic rings. The van der Waals surface area contributed by atoms with Crippen molar-refractivity contribution in [2.45, 2.75) is 32.6 Å². The van der Waals surface area contributed by atoms with Gasteiger partial charge in [-0.2, -0.15) is 5.10 Å². The summed E-state index contributed by atoms with van der Waals surface area (Å²) in [6.07, 6.45) is -0.495. The molecular weight excluding hydrogens is 368 g/mol. The zero-order chi connectivity index (χ0) is 20.1. The van der Waals surface area contributed by atoms with Crippen molar-refractivity contribution in [3.8, 4) is 11.4 Å². The smallest absolute Gasteiger partial charge is 0.354 e. The minimum atomic E-state index is -2.66. The van der Waals surface area contributed by atoms with Crippen LogP contribution in [0.1, 0.15) is 35.9 Å². The maximum atomic E-state index is 13.3. The van der Waals surface area contributed by atoms with Crippen molar-refractivity contribution in [2.24, 2.45) is 5.41 Å². The molecule has 8 heteroatoms.